The first-order valence-electron chi connectivity index (χ1n) is 8.66. The van der Waals surface area contributed by atoms with Crippen molar-refractivity contribution in [3.05, 3.63) is 58.1 Å². The smallest absolute Gasteiger partial charge is 0.242 e. The highest BCUT2D eigenvalue weighted by atomic mass is 35.5. The van der Waals surface area contributed by atoms with Crippen molar-refractivity contribution in [2.75, 3.05) is 11.9 Å². The minimum atomic E-state index is 0.419. The fourth-order valence-corrected chi connectivity index (χ4v) is 2.81. The molecule has 3 aromatic rings. The maximum absolute atomic E-state index is 6.48. The van der Waals surface area contributed by atoms with E-state index < -0.39 is 0 Å². The number of ether oxygens (including phenoxy) is 2. The lowest BCUT2D eigenvalue weighted by Gasteiger charge is -2.16. The average molecular weight is 388 g/mol. The first-order chi connectivity index (χ1) is 13.1. The second-order valence-electron chi connectivity index (χ2n) is 6.09. The number of aryl methyl sites for hydroxylation is 2. The number of nitrogens with one attached hydrogen (secondary N) is 1. The Kier molecular flexibility index (Phi) is 6.13. The molecule has 0 saturated heterocycles. The predicted molar refractivity (Wildman–Crippen MR) is 104 cm³/mol. The van der Waals surface area contributed by atoms with Gasteiger partial charge < -0.3 is 14.8 Å². The summed E-state index contributed by atoms with van der Waals surface area (Å²) < 4.78 is 13.3. The van der Waals surface area contributed by atoms with Crippen molar-refractivity contribution in [2.45, 2.75) is 27.0 Å². The van der Waals surface area contributed by atoms with Crippen molar-refractivity contribution < 1.29 is 9.47 Å². The third kappa shape index (κ3) is 4.89. The van der Waals surface area contributed by atoms with Crippen LogP contribution in [0.5, 0.6) is 11.5 Å². The van der Waals surface area contributed by atoms with Crippen LogP contribution in [-0.2, 0) is 20.2 Å². The molecule has 7 nitrogen and oxygen atoms in total. The zero-order valence-corrected chi connectivity index (χ0v) is 16.3. The summed E-state index contributed by atoms with van der Waals surface area (Å²) in [6.45, 7) is 5.42. The molecular formula is C19H22ClN5O2. The summed E-state index contributed by atoms with van der Waals surface area (Å²) in [6.07, 6.45) is 0. The first kappa shape index (κ1) is 19.0. The maximum atomic E-state index is 6.48. The van der Waals surface area contributed by atoms with E-state index in [0.717, 1.165) is 11.1 Å². The van der Waals surface area contributed by atoms with E-state index in [0.29, 0.717) is 42.2 Å². The molecule has 0 fully saturated rings. The lowest BCUT2D eigenvalue weighted by atomic mass is 10.1. The van der Waals surface area contributed by atoms with E-state index in [2.05, 4.69) is 39.9 Å². The minimum Gasteiger partial charge on any atom is -0.490 e. The van der Waals surface area contributed by atoms with Gasteiger partial charge in [0.05, 0.1) is 11.6 Å². The summed E-state index contributed by atoms with van der Waals surface area (Å²) in [4.78, 5) is 0. The Bertz CT molecular complexity index is 896. The van der Waals surface area contributed by atoms with E-state index >= 15 is 0 Å². The summed E-state index contributed by atoms with van der Waals surface area (Å²) in [5.41, 5.74) is 3.22. The zero-order chi connectivity index (χ0) is 19.2. The molecule has 0 unspecified atom stereocenters. The Morgan fingerprint density at radius 3 is 2.56 bits per heavy atom. The average Bonchev–Trinajstić information content (AvgIpc) is 3.06. The van der Waals surface area contributed by atoms with Crippen molar-refractivity contribution in [1.82, 2.24) is 20.2 Å². The first-order valence-corrected chi connectivity index (χ1v) is 9.04. The molecule has 8 heteroatoms. The van der Waals surface area contributed by atoms with Crippen LogP contribution in [0.1, 0.15) is 23.6 Å². The SMILES string of the molecule is CCOc1cc(CNc2nnnn2C)cc(Cl)c1OCc1ccc(C)cc1. The molecule has 0 radical (unpaired) electrons. The molecule has 0 bridgehead atoms. The van der Waals surface area contributed by atoms with E-state index in [1.54, 1.807) is 11.7 Å². The molecule has 3 rings (SSSR count). The summed E-state index contributed by atoms with van der Waals surface area (Å²) in [5.74, 6) is 1.73. The molecule has 0 spiro atoms. The number of aromatic nitrogens is 4. The number of hydrogen-bond acceptors (Lipinski definition) is 6. The van der Waals surface area contributed by atoms with E-state index in [-0.39, 0.29) is 0 Å². The quantitative estimate of drug-likeness (QED) is 0.634. The Labute approximate surface area is 163 Å². The van der Waals surface area contributed by atoms with E-state index in [1.165, 1.54) is 5.56 Å². The van der Waals surface area contributed by atoms with Crippen molar-refractivity contribution in [3.63, 3.8) is 0 Å². The van der Waals surface area contributed by atoms with Gasteiger partial charge in [0.15, 0.2) is 11.5 Å². The standard InChI is InChI=1S/C19H22ClN5O2/c1-4-26-17-10-15(11-21-19-22-23-24-25(19)3)9-16(20)18(17)27-12-14-7-5-13(2)6-8-14/h5-10H,4,11-12H2,1-3H3,(H,21,22,24). The van der Waals surface area contributed by atoms with Gasteiger partial charge in [-0.2, -0.15) is 0 Å². The van der Waals surface area contributed by atoms with Crippen LogP contribution in [0, 0.1) is 6.92 Å². The van der Waals surface area contributed by atoms with Crippen LogP contribution in [0.3, 0.4) is 0 Å². The molecular weight excluding hydrogens is 366 g/mol. The number of hydrogen-bond donors (Lipinski definition) is 1. The monoisotopic (exact) mass is 387 g/mol. The second kappa shape index (κ2) is 8.73. The highest BCUT2D eigenvalue weighted by Gasteiger charge is 2.13. The van der Waals surface area contributed by atoms with Crippen molar-refractivity contribution in [1.29, 1.82) is 0 Å². The van der Waals surface area contributed by atoms with Gasteiger partial charge in [-0.1, -0.05) is 46.5 Å². The lowest BCUT2D eigenvalue weighted by Crippen LogP contribution is -2.07. The van der Waals surface area contributed by atoms with Crippen LogP contribution in [0.15, 0.2) is 36.4 Å². The molecule has 0 aliphatic heterocycles. The van der Waals surface area contributed by atoms with Crippen LogP contribution in [0.2, 0.25) is 5.02 Å². The second-order valence-corrected chi connectivity index (χ2v) is 6.50. The van der Waals surface area contributed by atoms with Gasteiger partial charge in [0.25, 0.3) is 0 Å². The molecule has 0 amide bonds. The highest BCUT2D eigenvalue weighted by molar-refractivity contribution is 6.32. The highest BCUT2D eigenvalue weighted by Crippen LogP contribution is 2.37. The number of anilines is 1. The van der Waals surface area contributed by atoms with Crippen molar-refractivity contribution in [3.8, 4) is 11.5 Å². The van der Waals surface area contributed by atoms with Gasteiger partial charge in [-0.15, -0.1) is 0 Å². The van der Waals surface area contributed by atoms with E-state index in [1.807, 2.05) is 31.2 Å². The molecule has 2 aromatic carbocycles. The Balaban J connectivity index is 1.74. The molecule has 1 N–H and O–H groups in total. The molecule has 1 heterocycles. The summed E-state index contributed by atoms with van der Waals surface area (Å²) in [5, 5.41) is 15.0. The van der Waals surface area contributed by atoms with Crippen molar-refractivity contribution >= 4 is 17.5 Å². The van der Waals surface area contributed by atoms with Gasteiger partial charge in [-0.05, 0) is 47.5 Å². The van der Waals surface area contributed by atoms with Crippen LogP contribution in [-0.4, -0.2) is 26.8 Å². The largest absolute Gasteiger partial charge is 0.490 e. The van der Waals surface area contributed by atoms with Crippen LogP contribution < -0.4 is 14.8 Å². The molecule has 0 aliphatic carbocycles. The number of benzene rings is 2. The minimum absolute atomic E-state index is 0.419. The maximum Gasteiger partial charge on any atom is 0.242 e. The molecule has 0 saturated carbocycles. The Morgan fingerprint density at radius 1 is 1.11 bits per heavy atom. The lowest BCUT2D eigenvalue weighted by molar-refractivity contribution is 0.269. The van der Waals surface area contributed by atoms with E-state index in [4.69, 9.17) is 21.1 Å². The summed E-state index contributed by atoms with van der Waals surface area (Å²) >= 11 is 6.48. The fraction of sp³-hybridized carbons (Fsp3) is 0.316. The molecule has 0 atom stereocenters. The van der Waals surface area contributed by atoms with E-state index in [9.17, 15) is 0 Å². The number of nitrogens with zero attached hydrogens (tertiary/aromatic N) is 4. The molecule has 142 valence electrons. The topological polar surface area (TPSA) is 74.1 Å². The van der Waals surface area contributed by atoms with Crippen LogP contribution in [0.25, 0.3) is 0 Å². The van der Waals surface area contributed by atoms with Crippen LogP contribution in [0.4, 0.5) is 5.95 Å². The number of halogens is 1. The summed E-state index contributed by atoms with van der Waals surface area (Å²) in [6, 6.07) is 12.0. The summed E-state index contributed by atoms with van der Waals surface area (Å²) in [7, 11) is 1.77. The Hall–Kier alpha value is -2.80. The number of tetrazole rings is 1. The third-order valence-electron chi connectivity index (χ3n) is 3.94. The normalized spacial score (nSPS) is 10.7. The fourth-order valence-electron chi connectivity index (χ4n) is 2.53. The predicted octanol–water partition coefficient (Wildman–Crippen LogP) is 3.76. The molecule has 27 heavy (non-hydrogen) atoms. The molecule has 1 aromatic heterocycles. The third-order valence-corrected chi connectivity index (χ3v) is 4.22. The van der Waals surface area contributed by atoms with Gasteiger partial charge in [0, 0.05) is 13.6 Å². The van der Waals surface area contributed by atoms with Gasteiger partial charge in [0.1, 0.15) is 6.61 Å². The number of rotatable bonds is 8. The van der Waals surface area contributed by atoms with Gasteiger partial charge >= 0.3 is 0 Å². The van der Waals surface area contributed by atoms with Crippen LogP contribution >= 0.6 is 11.6 Å². The van der Waals surface area contributed by atoms with Gasteiger partial charge in [0.2, 0.25) is 5.95 Å². The Morgan fingerprint density at radius 2 is 1.89 bits per heavy atom. The van der Waals surface area contributed by atoms with Gasteiger partial charge in [-0.3, -0.25) is 0 Å². The van der Waals surface area contributed by atoms with Crippen molar-refractivity contribution in [2.24, 2.45) is 7.05 Å². The molecule has 0 aliphatic rings. The zero-order valence-electron chi connectivity index (χ0n) is 15.6. The van der Waals surface area contributed by atoms with Gasteiger partial charge in [-0.25, -0.2) is 4.68 Å².